The normalized spacial score (nSPS) is 30.3. The van der Waals surface area contributed by atoms with Crippen molar-refractivity contribution in [3.63, 3.8) is 0 Å². The minimum absolute atomic E-state index is 0.158. The predicted octanol–water partition coefficient (Wildman–Crippen LogP) is 0.783. The maximum Gasteiger partial charge on any atom is 0.175 e. The molecule has 0 aromatic rings. The van der Waals surface area contributed by atoms with Crippen molar-refractivity contribution in [2.75, 3.05) is 26.8 Å². The fraction of sp³-hybridized carbons (Fsp3) is 0.667. The van der Waals surface area contributed by atoms with Gasteiger partial charge in [0.2, 0.25) is 0 Å². The van der Waals surface area contributed by atoms with Crippen molar-refractivity contribution >= 4 is 0 Å². The van der Waals surface area contributed by atoms with E-state index in [0.29, 0.717) is 26.1 Å². The van der Waals surface area contributed by atoms with Gasteiger partial charge in [-0.25, -0.2) is 0 Å². The molecular weight excluding hydrogens is 206 g/mol. The Kier molecular flexibility index (Phi) is 5.69. The number of ether oxygens (including phenoxy) is 2. The number of aliphatic hydroxyl groups is 1. The van der Waals surface area contributed by atoms with Gasteiger partial charge in [0.05, 0.1) is 18.8 Å². The molecule has 0 aromatic carbocycles. The summed E-state index contributed by atoms with van der Waals surface area (Å²) < 4.78 is 10.7. The minimum atomic E-state index is -0.432. The van der Waals surface area contributed by atoms with E-state index in [1.54, 1.807) is 19.3 Å². The molecule has 92 valence electrons. The molecule has 0 bridgehead atoms. The maximum absolute atomic E-state index is 10.0. The van der Waals surface area contributed by atoms with E-state index in [1.165, 1.54) is 0 Å². The Hall–Kier alpha value is -0.680. The molecule has 0 aliphatic carbocycles. The van der Waals surface area contributed by atoms with Gasteiger partial charge in [-0.2, -0.15) is 0 Å². The molecule has 1 heterocycles. The molecule has 0 unspecified atom stereocenters. The van der Waals surface area contributed by atoms with E-state index in [2.05, 4.69) is 18.1 Å². The van der Waals surface area contributed by atoms with E-state index in [-0.39, 0.29) is 12.3 Å². The number of aliphatic hydroxyl groups excluding tert-OH is 1. The van der Waals surface area contributed by atoms with E-state index in [0.717, 1.165) is 0 Å². The van der Waals surface area contributed by atoms with E-state index < -0.39 is 6.10 Å². The quantitative estimate of drug-likeness (QED) is 0.681. The van der Waals surface area contributed by atoms with Gasteiger partial charge >= 0.3 is 0 Å². The first-order chi connectivity index (χ1) is 7.74. The maximum atomic E-state index is 10.0. The van der Waals surface area contributed by atoms with E-state index >= 15 is 0 Å². The summed E-state index contributed by atoms with van der Waals surface area (Å²) in [5.41, 5.74) is 0. The molecule has 0 aromatic heterocycles. The number of nitrogens with zero attached hydrogens (tertiary/aromatic N) is 1. The van der Waals surface area contributed by atoms with E-state index in [9.17, 15) is 5.11 Å². The van der Waals surface area contributed by atoms with Gasteiger partial charge in [0, 0.05) is 20.2 Å². The molecule has 1 rings (SSSR count). The van der Waals surface area contributed by atoms with Crippen molar-refractivity contribution in [1.82, 2.24) is 4.90 Å². The van der Waals surface area contributed by atoms with Crippen LogP contribution in [0.4, 0.5) is 0 Å². The molecule has 1 saturated heterocycles. The van der Waals surface area contributed by atoms with E-state index in [1.807, 2.05) is 0 Å². The Morgan fingerprint density at radius 1 is 1.44 bits per heavy atom. The molecule has 3 atom stereocenters. The molecule has 0 radical (unpaired) electrons. The van der Waals surface area contributed by atoms with Gasteiger partial charge in [-0.05, 0) is 6.42 Å². The van der Waals surface area contributed by atoms with Crippen molar-refractivity contribution in [3.8, 4) is 0 Å². The van der Waals surface area contributed by atoms with Crippen molar-refractivity contribution in [3.05, 3.63) is 25.3 Å². The molecule has 1 aliphatic rings. The summed E-state index contributed by atoms with van der Waals surface area (Å²) in [4.78, 5) is 2.05. The smallest absolute Gasteiger partial charge is 0.175 e. The second-order valence-corrected chi connectivity index (χ2v) is 3.85. The number of rotatable bonds is 6. The summed E-state index contributed by atoms with van der Waals surface area (Å²) in [6.07, 6.45) is 3.42. The molecule has 0 saturated carbocycles. The summed E-state index contributed by atoms with van der Waals surface area (Å²) in [6, 6.07) is -0.158. The van der Waals surface area contributed by atoms with Crippen LogP contribution in [0.3, 0.4) is 0 Å². The molecule has 1 N–H and O–H groups in total. The van der Waals surface area contributed by atoms with Gasteiger partial charge in [0.1, 0.15) is 0 Å². The van der Waals surface area contributed by atoms with Crippen LogP contribution in [-0.2, 0) is 9.47 Å². The standard InChI is InChI=1S/C12H21NO3/c1-4-7-13(8-5-2)11-10(14)6-9-16-12(11)15-3/h4-5,10-12,14H,1-2,6-9H2,3H3/t10-,11-,12+/m1/s1. The van der Waals surface area contributed by atoms with Crippen LogP contribution in [-0.4, -0.2) is 55.2 Å². The van der Waals surface area contributed by atoms with Crippen molar-refractivity contribution < 1.29 is 14.6 Å². The van der Waals surface area contributed by atoms with Crippen molar-refractivity contribution in [2.24, 2.45) is 0 Å². The van der Waals surface area contributed by atoms with Gasteiger partial charge in [-0.3, -0.25) is 4.90 Å². The second-order valence-electron chi connectivity index (χ2n) is 3.85. The molecule has 1 aliphatic heterocycles. The fourth-order valence-electron chi connectivity index (χ4n) is 2.03. The van der Waals surface area contributed by atoms with Crippen molar-refractivity contribution in [2.45, 2.75) is 24.9 Å². The molecule has 1 fully saturated rings. The fourth-order valence-corrected chi connectivity index (χ4v) is 2.03. The van der Waals surface area contributed by atoms with Crippen LogP contribution in [0, 0.1) is 0 Å². The van der Waals surface area contributed by atoms with Gasteiger partial charge in [-0.15, -0.1) is 13.2 Å². The van der Waals surface area contributed by atoms with Crippen LogP contribution >= 0.6 is 0 Å². The van der Waals surface area contributed by atoms with Gasteiger partial charge in [-0.1, -0.05) is 12.2 Å². The lowest BCUT2D eigenvalue weighted by atomic mass is 10.0. The lowest BCUT2D eigenvalue weighted by Crippen LogP contribution is -2.55. The zero-order valence-electron chi connectivity index (χ0n) is 9.84. The zero-order valence-corrected chi connectivity index (χ0v) is 9.84. The Morgan fingerprint density at radius 2 is 2.06 bits per heavy atom. The highest BCUT2D eigenvalue weighted by molar-refractivity contribution is 4.91. The minimum Gasteiger partial charge on any atom is -0.391 e. The van der Waals surface area contributed by atoms with Crippen LogP contribution in [0.2, 0.25) is 0 Å². The summed E-state index contributed by atoms with van der Waals surface area (Å²) in [7, 11) is 1.59. The summed E-state index contributed by atoms with van der Waals surface area (Å²) >= 11 is 0. The first kappa shape index (κ1) is 13.4. The molecular formula is C12H21NO3. The summed E-state index contributed by atoms with van der Waals surface area (Å²) in [6.45, 7) is 9.32. The summed E-state index contributed by atoms with van der Waals surface area (Å²) in [5, 5.41) is 10.0. The number of hydrogen-bond donors (Lipinski definition) is 1. The monoisotopic (exact) mass is 227 g/mol. The van der Waals surface area contributed by atoms with Crippen LogP contribution in [0.1, 0.15) is 6.42 Å². The average molecular weight is 227 g/mol. The third kappa shape index (κ3) is 3.15. The Bertz CT molecular complexity index is 222. The van der Waals surface area contributed by atoms with Gasteiger partial charge in [0.25, 0.3) is 0 Å². The molecule has 0 amide bonds. The highest BCUT2D eigenvalue weighted by Crippen LogP contribution is 2.21. The first-order valence-electron chi connectivity index (χ1n) is 5.53. The lowest BCUT2D eigenvalue weighted by molar-refractivity contribution is -0.212. The van der Waals surface area contributed by atoms with Gasteiger partial charge in [0.15, 0.2) is 6.29 Å². The lowest BCUT2D eigenvalue weighted by Gasteiger charge is -2.41. The van der Waals surface area contributed by atoms with Crippen LogP contribution in [0.5, 0.6) is 0 Å². The Labute approximate surface area is 97.1 Å². The largest absolute Gasteiger partial charge is 0.391 e. The third-order valence-corrected chi connectivity index (χ3v) is 2.75. The molecule has 0 spiro atoms. The highest BCUT2D eigenvalue weighted by atomic mass is 16.7. The molecule has 4 heteroatoms. The Morgan fingerprint density at radius 3 is 2.56 bits per heavy atom. The van der Waals surface area contributed by atoms with Gasteiger partial charge < -0.3 is 14.6 Å². The molecule has 16 heavy (non-hydrogen) atoms. The summed E-state index contributed by atoms with van der Waals surface area (Å²) in [5.74, 6) is 0. The highest BCUT2D eigenvalue weighted by Gasteiger charge is 2.36. The predicted molar refractivity (Wildman–Crippen MR) is 63.1 cm³/mol. The van der Waals surface area contributed by atoms with Crippen molar-refractivity contribution in [1.29, 1.82) is 0 Å². The second kappa shape index (κ2) is 6.81. The topological polar surface area (TPSA) is 41.9 Å². The van der Waals surface area contributed by atoms with Crippen LogP contribution < -0.4 is 0 Å². The van der Waals surface area contributed by atoms with Crippen LogP contribution in [0.25, 0.3) is 0 Å². The Balaban J connectivity index is 2.74. The number of methoxy groups -OCH3 is 1. The molecule has 4 nitrogen and oxygen atoms in total. The average Bonchev–Trinajstić information content (AvgIpc) is 2.28. The third-order valence-electron chi connectivity index (χ3n) is 2.75. The SMILES string of the molecule is C=CCN(CC=C)[C@H]1[C@@H](OC)OCC[C@H]1O. The number of hydrogen-bond acceptors (Lipinski definition) is 4. The zero-order chi connectivity index (χ0) is 12.0. The first-order valence-corrected chi connectivity index (χ1v) is 5.53. The van der Waals surface area contributed by atoms with Crippen LogP contribution in [0.15, 0.2) is 25.3 Å². The van der Waals surface area contributed by atoms with E-state index in [4.69, 9.17) is 9.47 Å².